The molecule has 0 aliphatic heterocycles. The van der Waals surface area contributed by atoms with Gasteiger partial charge in [0.15, 0.2) is 0 Å². The normalized spacial score (nSPS) is 32.8. The summed E-state index contributed by atoms with van der Waals surface area (Å²) in [5.74, 6) is 6.25. The molecule has 6 aliphatic carbocycles. The molecular formula is C48H73N3. The molecule has 0 aromatic carbocycles. The van der Waals surface area contributed by atoms with E-state index in [4.69, 9.17) is 11.5 Å². The zero-order valence-electron chi connectivity index (χ0n) is 32.5. The first kappa shape index (κ1) is 38.4. The van der Waals surface area contributed by atoms with Crippen molar-refractivity contribution in [3.63, 3.8) is 0 Å². The zero-order valence-corrected chi connectivity index (χ0v) is 32.5. The highest BCUT2D eigenvalue weighted by atomic mass is 14.9. The first-order valence-corrected chi connectivity index (χ1v) is 21.7. The van der Waals surface area contributed by atoms with Crippen molar-refractivity contribution in [1.82, 2.24) is 5.32 Å². The van der Waals surface area contributed by atoms with Gasteiger partial charge in [-0.15, -0.1) is 0 Å². The van der Waals surface area contributed by atoms with Gasteiger partial charge in [-0.3, -0.25) is 0 Å². The molecule has 0 bridgehead atoms. The van der Waals surface area contributed by atoms with E-state index in [0.717, 1.165) is 43.7 Å². The average Bonchev–Trinajstić information content (AvgIpc) is 3.19. The third-order valence-electron chi connectivity index (χ3n) is 14.3. The van der Waals surface area contributed by atoms with E-state index in [1.165, 1.54) is 114 Å². The summed E-state index contributed by atoms with van der Waals surface area (Å²) in [6.45, 7) is 6.64. The van der Waals surface area contributed by atoms with Crippen LogP contribution < -0.4 is 16.8 Å². The molecule has 6 aliphatic rings. The molecule has 0 fully saturated rings. The maximum Gasteiger partial charge on any atom is 0.0253 e. The molecule has 6 rings (SSSR count). The van der Waals surface area contributed by atoms with Crippen molar-refractivity contribution in [2.75, 3.05) is 13.1 Å². The SMILES string of the molecule is CCC(CN)CCC/C(=C\N)C1=CC=C(C(CC)C2CCC=CC2C(CNC2C=CC3C=CCCC3C2)C2=CC(C3CC=CCC3)CCC2)CC1. The third kappa shape index (κ3) is 10.00. The molecule has 3 nitrogen and oxygen atoms in total. The Hall–Kier alpha value is -2.36. The van der Waals surface area contributed by atoms with Gasteiger partial charge in [0.05, 0.1) is 0 Å². The lowest BCUT2D eigenvalue weighted by Crippen LogP contribution is -2.42. The van der Waals surface area contributed by atoms with Crippen LogP contribution in [0.3, 0.4) is 0 Å². The maximum absolute atomic E-state index is 6.24. The smallest absolute Gasteiger partial charge is 0.0253 e. The molecule has 0 amide bonds. The number of fused-ring (bicyclic) bond motifs is 1. The fourth-order valence-electron chi connectivity index (χ4n) is 11.2. The summed E-state index contributed by atoms with van der Waals surface area (Å²) in [5, 5.41) is 4.21. The minimum absolute atomic E-state index is 0.509. The number of allylic oxidation sites excluding steroid dienone is 13. The van der Waals surface area contributed by atoms with Gasteiger partial charge < -0.3 is 16.8 Å². The van der Waals surface area contributed by atoms with E-state index in [9.17, 15) is 0 Å². The van der Waals surface area contributed by atoms with E-state index >= 15 is 0 Å². The van der Waals surface area contributed by atoms with E-state index in [1.807, 2.05) is 6.20 Å². The molecular weight excluding hydrogens is 619 g/mol. The van der Waals surface area contributed by atoms with Crippen molar-refractivity contribution in [3.8, 4) is 0 Å². The van der Waals surface area contributed by atoms with Gasteiger partial charge in [-0.05, 0) is 186 Å². The van der Waals surface area contributed by atoms with Crippen molar-refractivity contribution in [1.29, 1.82) is 0 Å². The third-order valence-corrected chi connectivity index (χ3v) is 14.3. The highest BCUT2D eigenvalue weighted by Crippen LogP contribution is 2.47. The summed E-state index contributed by atoms with van der Waals surface area (Å²) in [7, 11) is 0. The Morgan fingerprint density at radius 1 is 0.843 bits per heavy atom. The van der Waals surface area contributed by atoms with E-state index in [0.29, 0.717) is 41.5 Å². The van der Waals surface area contributed by atoms with Gasteiger partial charge in [-0.1, -0.05) is 98.3 Å². The number of nitrogens with two attached hydrogens (primary N) is 2. The molecule has 3 heteroatoms. The number of hydrogen-bond donors (Lipinski definition) is 3. The lowest BCUT2D eigenvalue weighted by Gasteiger charge is -2.43. The van der Waals surface area contributed by atoms with Crippen LogP contribution in [0.4, 0.5) is 0 Å². The van der Waals surface area contributed by atoms with Crippen LogP contribution in [-0.2, 0) is 0 Å². The fraction of sp³-hybridized carbons (Fsp3) is 0.667. The molecule has 51 heavy (non-hydrogen) atoms. The Morgan fingerprint density at radius 3 is 2.45 bits per heavy atom. The molecule has 10 atom stereocenters. The molecule has 5 N–H and O–H groups in total. The van der Waals surface area contributed by atoms with Crippen LogP contribution in [0.2, 0.25) is 0 Å². The van der Waals surface area contributed by atoms with Crippen molar-refractivity contribution >= 4 is 0 Å². The van der Waals surface area contributed by atoms with Gasteiger partial charge >= 0.3 is 0 Å². The Kier molecular flexibility index (Phi) is 14.8. The quantitative estimate of drug-likeness (QED) is 0.141. The van der Waals surface area contributed by atoms with Crippen LogP contribution in [0.5, 0.6) is 0 Å². The van der Waals surface area contributed by atoms with Gasteiger partial charge in [0.2, 0.25) is 0 Å². The number of hydrogen-bond acceptors (Lipinski definition) is 3. The minimum atomic E-state index is 0.509. The Morgan fingerprint density at radius 2 is 1.69 bits per heavy atom. The van der Waals surface area contributed by atoms with Crippen LogP contribution in [0.1, 0.15) is 129 Å². The van der Waals surface area contributed by atoms with Crippen LogP contribution >= 0.6 is 0 Å². The minimum Gasteiger partial charge on any atom is -0.404 e. The Labute approximate surface area is 313 Å². The van der Waals surface area contributed by atoms with Crippen LogP contribution in [0, 0.1) is 53.3 Å². The van der Waals surface area contributed by atoms with Crippen molar-refractivity contribution in [2.24, 2.45) is 64.7 Å². The predicted octanol–water partition coefficient (Wildman–Crippen LogP) is 11.4. The van der Waals surface area contributed by atoms with Crippen LogP contribution in [0.25, 0.3) is 0 Å². The summed E-state index contributed by atoms with van der Waals surface area (Å²) in [5.41, 5.74) is 18.5. The molecule has 0 aromatic heterocycles. The zero-order chi connectivity index (χ0) is 35.4. The van der Waals surface area contributed by atoms with Gasteiger partial charge in [0.1, 0.15) is 0 Å². The second-order valence-corrected chi connectivity index (χ2v) is 17.2. The van der Waals surface area contributed by atoms with Gasteiger partial charge in [-0.25, -0.2) is 0 Å². The number of nitrogens with one attached hydrogen (secondary N) is 1. The Balaban J connectivity index is 1.21. The van der Waals surface area contributed by atoms with E-state index in [1.54, 1.807) is 11.1 Å². The first-order chi connectivity index (χ1) is 25.1. The first-order valence-electron chi connectivity index (χ1n) is 21.7. The number of rotatable bonds is 16. The molecule has 0 saturated carbocycles. The van der Waals surface area contributed by atoms with Crippen LogP contribution in [0.15, 0.2) is 95.3 Å². The summed E-state index contributed by atoms with van der Waals surface area (Å²) in [6, 6.07) is 0.509. The summed E-state index contributed by atoms with van der Waals surface area (Å²) >= 11 is 0. The lowest BCUT2D eigenvalue weighted by atomic mass is 9.63. The maximum atomic E-state index is 6.24. The van der Waals surface area contributed by atoms with Crippen molar-refractivity contribution in [3.05, 3.63) is 95.3 Å². The van der Waals surface area contributed by atoms with Crippen molar-refractivity contribution < 1.29 is 0 Å². The van der Waals surface area contributed by atoms with Gasteiger partial charge in [0.25, 0.3) is 0 Å². The lowest BCUT2D eigenvalue weighted by molar-refractivity contribution is 0.196. The van der Waals surface area contributed by atoms with E-state index in [-0.39, 0.29) is 0 Å². The second-order valence-electron chi connectivity index (χ2n) is 17.2. The highest BCUT2D eigenvalue weighted by Gasteiger charge is 2.38. The molecule has 0 spiro atoms. The topological polar surface area (TPSA) is 64.1 Å². The summed E-state index contributed by atoms with van der Waals surface area (Å²) in [6.07, 6.45) is 52.3. The van der Waals surface area contributed by atoms with Gasteiger partial charge in [0, 0.05) is 12.6 Å². The molecule has 0 saturated heterocycles. The average molecular weight is 692 g/mol. The Bertz CT molecular complexity index is 1350. The standard InChI is InChI=1S/C48H73N3/c1-3-35(32-49)14-12-21-43(33-50)38-24-26-39(27-25-38)45(4-2)46-22-10-11-23-47(46)48(34-51-44-29-28-37-17-8-9-18-41(37)31-44)42-20-13-19-40(30-42)36-15-6-5-7-16-36/h5-6,8,11,17,23-24,26,28-30,33,35-37,40-41,44-48,51H,3-4,7,9-10,12-16,18-22,25,27,31-32,34,49-50H2,1-2H3/b43-33+. The summed E-state index contributed by atoms with van der Waals surface area (Å²) < 4.78 is 0. The molecule has 0 aromatic rings. The highest BCUT2D eigenvalue weighted by molar-refractivity contribution is 5.38. The molecule has 0 radical (unpaired) electrons. The van der Waals surface area contributed by atoms with Crippen LogP contribution in [-0.4, -0.2) is 19.1 Å². The monoisotopic (exact) mass is 692 g/mol. The molecule has 0 heterocycles. The van der Waals surface area contributed by atoms with Gasteiger partial charge in [-0.2, -0.15) is 0 Å². The largest absolute Gasteiger partial charge is 0.404 e. The van der Waals surface area contributed by atoms with E-state index in [2.05, 4.69) is 86.0 Å². The molecule has 10 unspecified atom stereocenters. The second kappa shape index (κ2) is 19.6. The fourth-order valence-corrected chi connectivity index (χ4v) is 11.2. The van der Waals surface area contributed by atoms with Crippen molar-refractivity contribution in [2.45, 2.75) is 135 Å². The predicted molar refractivity (Wildman–Crippen MR) is 220 cm³/mol. The summed E-state index contributed by atoms with van der Waals surface area (Å²) in [4.78, 5) is 0. The molecule has 280 valence electrons. The van der Waals surface area contributed by atoms with E-state index < -0.39 is 0 Å².